The van der Waals surface area contributed by atoms with Crippen molar-refractivity contribution in [3.8, 4) is 6.07 Å². The SMILES string of the molecule is N#Cc1cc2c(cn1)c(Br)nn2CC(F)(F)F. The average Bonchev–Trinajstić information content (AvgIpc) is 2.53. The number of rotatable bonds is 1. The summed E-state index contributed by atoms with van der Waals surface area (Å²) in [5.41, 5.74) is 0.272. The van der Waals surface area contributed by atoms with Crippen LogP contribution in [0.15, 0.2) is 16.9 Å². The fourth-order valence-corrected chi connectivity index (χ4v) is 1.88. The van der Waals surface area contributed by atoms with Crippen LogP contribution in [0.5, 0.6) is 0 Å². The van der Waals surface area contributed by atoms with Crippen molar-refractivity contribution in [1.82, 2.24) is 14.8 Å². The molecule has 0 spiro atoms. The lowest BCUT2D eigenvalue weighted by Crippen LogP contribution is -2.18. The third kappa shape index (κ3) is 2.39. The largest absolute Gasteiger partial charge is 0.408 e. The Morgan fingerprint density at radius 1 is 1.47 bits per heavy atom. The maximum atomic E-state index is 12.3. The number of nitrogens with zero attached hydrogens (tertiary/aromatic N) is 4. The van der Waals surface area contributed by atoms with Gasteiger partial charge in [0.2, 0.25) is 0 Å². The molecule has 0 radical (unpaired) electrons. The zero-order valence-electron chi connectivity index (χ0n) is 8.16. The summed E-state index contributed by atoms with van der Waals surface area (Å²) in [4.78, 5) is 3.77. The molecule has 0 aromatic carbocycles. The van der Waals surface area contributed by atoms with Crippen LogP contribution in [-0.4, -0.2) is 20.9 Å². The van der Waals surface area contributed by atoms with E-state index in [9.17, 15) is 13.2 Å². The van der Waals surface area contributed by atoms with Crippen molar-refractivity contribution in [2.45, 2.75) is 12.7 Å². The van der Waals surface area contributed by atoms with E-state index in [0.717, 1.165) is 4.68 Å². The molecule has 0 N–H and O–H groups in total. The number of pyridine rings is 1. The Labute approximate surface area is 102 Å². The number of hydrogen-bond acceptors (Lipinski definition) is 3. The molecular formula is C9H4BrF3N4. The lowest BCUT2D eigenvalue weighted by Gasteiger charge is -2.06. The van der Waals surface area contributed by atoms with E-state index in [1.807, 2.05) is 0 Å². The van der Waals surface area contributed by atoms with Crippen LogP contribution in [0.3, 0.4) is 0 Å². The minimum atomic E-state index is -4.37. The molecule has 0 aliphatic rings. The van der Waals surface area contributed by atoms with Crippen molar-refractivity contribution in [3.05, 3.63) is 22.6 Å². The van der Waals surface area contributed by atoms with E-state index < -0.39 is 12.7 Å². The average molecular weight is 305 g/mol. The van der Waals surface area contributed by atoms with Crippen LogP contribution in [0.25, 0.3) is 10.9 Å². The molecule has 0 aliphatic carbocycles. The maximum Gasteiger partial charge on any atom is 0.408 e. The van der Waals surface area contributed by atoms with Gasteiger partial charge in [0.05, 0.1) is 10.9 Å². The Bertz CT molecular complexity index is 611. The van der Waals surface area contributed by atoms with Crippen LogP contribution < -0.4 is 0 Å². The summed E-state index contributed by atoms with van der Waals surface area (Å²) in [5.74, 6) is 0. The Morgan fingerprint density at radius 3 is 2.76 bits per heavy atom. The van der Waals surface area contributed by atoms with Gasteiger partial charge in [0.15, 0.2) is 0 Å². The first-order valence-electron chi connectivity index (χ1n) is 4.39. The molecule has 2 aromatic heterocycles. The highest BCUT2D eigenvalue weighted by Crippen LogP contribution is 2.26. The second kappa shape index (κ2) is 4.00. The first-order valence-corrected chi connectivity index (χ1v) is 5.19. The fraction of sp³-hybridized carbons (Fsp3) is 0.222. The molecule has 0 amide bonds. The highest BCUT2D eigenvalue weighted by atomic mass is 79.9. The Kier molecular flexibility index (Phi) is 2.79. The molecule has 2 rings (SSSR count). The summed E-state index contributed by atoms with van der Waals surface area (Å²) < 4.78 is 38.0. The summed E-state index contributed by atoms with van der Waals surface area (Å²) in [6, 6.07) is 3.05. The van der Waals surface area contributed by atoms with E-state index in [1.165, 1.54) is 12.3 Å². The molecule has 0 atom stereocenters. The number of hydrogen-bond donors (Lipinski definition) is 0. The van der Waals surface area contributed by atoms with Crippen molar-refractivity contribution in [2.24, 2.45) is 0 Å². The second-order valence-corrected chi connectivity index (χ2v) is 4.01. The molecular weight excluding hydrogens is 301 g/mol. The van der Waals surface area contributed by atoms with Gasteiger partial charge in [-0.05, 0) is 15.9 Å². The highest BCUT2D eigenvalue weighted by molar-refractivity contribution is 9.10. The molecule has 2 heterocycles. The quantitative estimate of drug-likeness (QED) is 0.814. The van der Waals surface area contributed by atoms with Crippen LogP contribution in [0.2, 0.25) is 0 Å². The van der Waals surface area contributed by atoms with Crippen molar-refractivity contribution in [2.75, 3.05) is 0 Å². The van der Waals surface area contributed by atoms with Gasteiger partial charge in [-0.25, -0.2) is 4.98 Å². The van der Waals surface area contributed by atoms with E-state index in [0.29, 0.717) is 5.39 Å². The molecule has 0 saturated heterocycles. The maximum absolute atomic E-state index is 12.3. The summed E-state index contributed by atoms with van der Waals surface area (Å²) in [5, 5.41) is 12.8. The predicted molar refractivity (Wildman–Crippen MR) is 56.0 cm³/mol. The molecule has 2 aromatic rings. The van der Waals surface area contributed by atoms with Gasteiger partial charge in [-0.3, -0.25) is 4.68 Å². The normalized spacial score (nSPS) is 11.7. The standard InChI is InChI=1S/C9H4BrF3N4/c10-8-6-3-15-5(2-14)1-7(6)17(16-8)4-9(11,12)13/h1,3H,4H2. The van der Waals surface area contributed by atoms with Gasteiger partial charge in [0.1, 0.15) is 22.9 Å². The van der Waals surface area contributed by atoms with Crippen LogP contribution in [0, 0.1) is 11.3 Å². The van der Waals surface area contributed by atoms with E-state index in [1.54, 1.807) is 6.07 Å². The monoisotopic (exact) mass is 304 g/mol. The lowest BCUT2D eigenvalue weighted by molar-refractivity contribution is -0.141. The molecule has 0 bridgehead atoms. The first-order chi connectivity index (χ1) is 7.90. The van der Waals surface area contributed by atoms with Gasteiger partial charge in [-0.15, -0.1) is 0 Å². The fourth-order valence-electron chi connectivity index (χ4n) is 1.38. The molecule has 0 unspecified atom stereocenters. The number of halogens is 4. The summed E-state index contributed by atoms with van der Waals surface area (Å²) in [6.07, 6.45) is -3.05. The van der Waals surface area contributed by atoms with Crippen molar-refractivity contribution in [3.63, 3.8) is 0 Å². The predicted octanol–water partition coefficient (Wildman–Crippen LogP) is 2.63. The lowest BCUT2D eigenvalue weighted by atomic mass is 10.3. The van der Waals surface area contributed by atoms with Gasteiger partial charge in [0.25, 0.3) is 0 Å². The minimum absolute atomic E-state index is 0.0494. The Morgan fingerprint density at radius 2 is 2.18 bits per heavy atom. The van der Waals surface area contributed by atoms with Gasteiger partial charge in [-0.1, -0.05) is 0 Å². The number of nitriles is 1. The Hall–Kier alpha value is -1.62. The number of alkyl halides is 3. The molecule has 0 saturated carbocycles. The van der Waals surface area contributed by atoms with Crippen LogP contribution in [-0.2, 0) is 6.54 Å². The molecule has 0 fully saturated rings. The van der Waals surface area contributed by atoms with Crippen molar-refractivity contribution < 1.29 is 13.2 Å². The third-order valence-corrected chi connectivity index (χ3v) is 2.62. The molecule has 88 valence electrons. The molecule has 0 aliphatic heterocycles. The highest BCUT2D eigenvalue weighted by Gasteiger charge is 2.29. The third-order valence-electron chi connectivity index (χ3n) is 2.03. The first kappa shape index (κ1) is 11.9. The van der Waals surface area contributed by atoms with Crippen LogP contribution in [0.1, 0.15) is 5.69 Å². The molecule has 17 heavy (non-hydrogen) atoms. The topological polar surface area (TPSA) is 54.5 Å². The molecule has 4 nitrogen and oxygen atoms in total. The van der Waals surface area contributed by atoms with Gasteiger partial charge in [0, 0.05) is 12.3 Å². The van der Waals surface area contributed by atoms with E-state index in [2.05, 4.69) is 26.0 Å². The smallest absolute Gasteiger partial charge is 0.254 e. The van der Waals surface area contributed by atoms with E-state index in [4.69, 9.17) is 5.26 Å². The minimum Gasteiger partial charge on any atom is -0.254 e. The van der Waals surface area contributed by atoms with Gasteiger partial charge in [-0.2, -0.15) is 23.5 Å². The van der Waals surface area contributed by atoms with Crippen molar-refractivity contribution in [1.29, 1.82) is 5.26 Å². The van der Waals surface area contributed by atoms with Crippen molar-refractivity contribution >= 4 is 26.8 Å². The van der Waals surface area contributed by atoms with E-state index in [-0.39, 0.29) is 15.8 Å². The zero-order chi connectivity index (χ0) is 12.6. The molecule has 8 heteroatoms. The second-order valence-electron chi connectivity index (χ2n) is 3.26. The summed E-state index contributed by atoms with van der Waals surface area (Å²) in [6.45, 7) is -1.20. The van der Waals surface area contributed by atoms with E-state index >= 15 is 0 Å². The summed E-state index contributed by atoms with van der Waals surface area (Å²) >= 11 is 3.05. The zero-order valence-corrected chi connectivity index (χ0v) is 9.75. The Balaban J connectivity index is 2.60. The van der Waals surface area contributed by atoms with Crippen LogP contribution in [0.4, 0.5) is 13.2 Å². The van der Waals surface area contributed by atoms with Crippen LogP contribution >= 0.6 is 15.9 Å². The summed E-state index contributed by atoms with van der Waals surface area (Å²) in [7, 11) is 0. The van der Waals surface area contributed by atoms with Gasteiger partial charge < -0.3 is 0 Å². The number of fused-ring (bicyclic) bond motifs is 1. The van der Waals surface area contributed by atoms with Gasteiger partial charge >= 0.3 is 6.18 Å². The number of aromatic nitrogens is 3.